The van der Waals surface area contributed by atoms with E-state index < -0.39 is 56.1 Å². The third kappa shape index (κ3) is 8.42. The van der Waals surface area contributed by atoms with Crippen LogP contribution >= 0.6 is 0 Å². The number of ether oxygens (including phenoxy) is 3. The molecule has 0 spiro atoms. The minimum Gasteiger partial charge on any atom is -0.497 e. The van der Waals surface area contributed by atoms with E-state index in [1.54, 1.807) is 14.0 Å². The predicted molar refractivity (Wildman–Crippen MR) is 213 cm³/mol. The highest BCUT2D eigenvalue weighted by Gasteiger charge is 2.63. The fourth-order valence-corrected chi connectivity index (χ4v) is 10.8. The zero-order valence-corrected chi connectivity index (χ0v) is 34.6. The van der Waals surface area contributed by atoms with Crippen molar-refractivity contribution in [2.45, 2.75) is 151 Å². The molecule has 4 heterocycles. The molecule has 15 heteroatoms. The number of fused-ring (bicyclic) bond motifs is 6. The van der Waals surface area contributed by atoms with Gasteiger partial charge in [0.05, 0.1) is 36.8 Å². The lowest BCUT2D eigenvalue weighted by atomic mass is 9.95. The lowest BCUT2D eigenvalue weighted by molar-refractivity contribution is -0.704. The van der Waals surface area contributed by atoms with Crippen LogP contribution in [0.15, 0.2) is 36.5 Å². The number of methoxy groups -OCH3 is 1. The van der Waals surface area contributed by atoms with Gasteiger partial charge in [0.2, 0.25) is 21.8 Å². The summed E-state index contributed by atoms with van der Waals surface area (Å²) in [6.45, 7) is 2.31. The average Bonchev–Trinajstić information content (AvgIpc) is 4.00. The summed E-state index contributed by atoms with van der Waals surface area (Å²) in [6, 6.07) is 5.00. The van der Waals surface area contributed by atoms with E-state index >= 15 is 0 Å². The standard InChI is InChI=1S/C43H57N5O9S/c1-42(19-20-42)58(53,54)46-40(52)43-25-31(43)15-9-5-3-4-7-13-29-22-37(49)57-36-16-11-14-28(36)12-8-6-10-21-47-26-30-17-18-32(55-2)23-34(30)44-41(47)56-33-24-35(38(50)45-43)48(27-33)39(29)51/h9,15,17-18,23,26,28-29,31,33,35-36H,3-8,10-14,16,19-22,24-25,27H2,1-2H3,(H-,45,46,50,52)/p+1/b15-9-/t28-,29-,31-,33-,35+,36-,43-/m1/s1. The Kier molecular flexibility index (Phi) is 11.5. The summed E-state index contributed by atoms with van der Waals surface area (Å²) in [5.41, 5.74) is -0.814. The van der Waals surface area contributed by atoms with Crippen molar-refractivity contribution in [3.63, 3.8) is 0 Å². The largest absolute Gasteiger partial charge is 0.499 e. The first kappa shape index (κ1) is 40.5. The van der Waals surface area contributed by atoms with E-state index in [9.17, 15) is 27.6 Å². The Labute approximate surface area is 340 Å². The maximum atomic E-state index is 14.8. The van der Waals surface area contributed by atoms with E-state index in [1.165, 1.54) is 4.90 Å². The molecule has 0 radical (unpaired) electrons. The molecule has 6 aliphatic rings. The van der Waals surface area contributed by atoms with Gasteiger partial charge < -0.3 is 24.4 Å². The Morgan fingerprint density at radius 2 is 1.81 bits per heavy atom. The van der Waals surface area contributed by atoms with Gasteiger partial charge in [0.25, 0.3) is 5.91 Å². The number of carbonyl (C=O) groups excluding carboxylic acids is 4. The molecule has 2 aromatic rings. The second-order valence-electron chi connectivity index (χ2n) is 17.8. The molecule has 8 rings (SSSR count). The number of aromatic nitrogens is 2. The first-order valence-corrected chi connectivity index (χ1v) is 23.0. The Hall–Kier alpha value is -4.27. The van der Waals surface area contributed by atoms with Crippen LogP contribution in [0.5, 0.6) is 11.8 Å². The molecule has 4 fully saturated rings. The number of allylic oxidation sites excluding steroid dienone is 1. The van der Waals surface area contributed by atoms with Gasteiger partial charge in [0.15, 0.2) is 5.52 Å². The van der Waals surface area contributed by atoms with Gasteiger partial charge in [-0.3, -0.25) is 23.9 Å². The van der Waals surface area contributed by atoms with Gasteiger partial charge in [0.1, 0.15) is 35.7 Å². The van der Waals surface area contributed by atoms with E-state index in [4.69, 9.17) is 19.2 Å². The third-order valence-corrected chi connectivity index (χ3v) is 15.8. The first-order chi connectivity index (χ1) is 27.9. The number of aryl methyl sites for hydroxylation is 1. The topological polar surface area (TPSA) is 174 Å². The molecule has 3 aliphatic heterocycles. The summed E-state index contributed by atoms with van der Waals surface area (Å²) < 4.78 is 48.1. The quantitative estimate of drug-likeness (QED) is 0.253. The van der Waals surface area contributed by atoms with Gasteiger partial charge in [-0.1, -0.05) is 31.4 Å². The van der Waals surface area contributed by atoms with Crippen molar-refractivity contribution in [2.24, 2.45) is 17.8 Å². The number of rotatable bonds is 4. The van der Waals surface area contributed by atoms with E-state index in [-0.39, 0.29) is 49.7 Å². The Morgan fingerprint density at radius 1 is 1.02 bits per heavy atom. The monoisotopic (exact) mass is 820 g/mol. The van der Waals surface area contributed by atoms with E-state index in [0.29, 0.717) is 49.5 Å². The molecule has 314 valence electrons. The van der Waals surface area contributed by atoms with Gasteiger partial charge in [-0.15, -0.1) is 0 Å². The van der Waals surface area contributed by atoms with Crippen LogP contribution in [0.4, 0.5) is 0 Å². The van der Waals surface area contributed by atoms with Crippen LogP contribution in [0.2, 0.25) is 0 Å². The van der Waals surface area contributed by atoms with Crippen molar-refractivity contribution in [1.82, 2.24) is 19.9 Å². The first-order valence-electron chi connectivity index (χ1n) is 21.5. The Balaban J connectivity index is 1.14. The Morgan fingerprint density at radius 3 is 2.62 bits per heavy atom. The molecular weight excluding hydrogens is 763 g/mol. The zero-order chi connectivity index (χ0) is 40.7. The van der Waals surface area contributed by atoms with Crippen molar-refractivity contribution in [2.75, 3.05) is 13.7 Å². The lowest BCUT2D eigenvalue weighted by Gasteiger charge is -2.30. The van der Waals surface area contributed by atoms with E-state index in [0.717, 1.165) is 69.6 Å². The number of sulfonamides is 1. The summed E-state index contributed by atoms with van der Waals surface area (Å²) in [4.78, 5) is 63.5. The predicted octanol–water partition coefficient (Wildman–Crippen LogP) is 4.57. The van der Waals surface area contributed by atoms with E-state index in [1.807, 2.05) is 41.1 Å². The van der Waals surface area contributed by atoms with Crippen molar-refractivity contribution >= 4 is 44.6 Å². The number of benzene rings is 1. The minimum absolute atomic E-state index is 0.0558. The van der Waals surface area contributed by atoms with Crippen LogP contribution in [0, 0.1) is 17.8 Å². The van der Waals surface area contributed by atoms with Crippen molar-refractivity contribution in [1.29, 1.82) is 0 Å². The SMILES string of the molecule is COc1ccc2c[n+]3c(nc2c1)O[C@@H]1C[C@H]2C(=O)N[C@]4(C(=O)NS(=O)(=O)C5(C)CC5)C[C@H]4/C=C\CCCCC[C@H](CC(=O)O[C@@H]4CCC[C@H]4CCCCC3)C(=O)N2C1. The summed E-state index contributed by atoms with van der Waals surface area (Å²) in [5.74, 6) is -2.25. The highest BCUT2D eigenvalue weighted by molar-refractivity contribution is 7.91. The van der Waals surface area contributed by atoms with Crippen molar-refractivity contribution in [3.05, 3.63) is 36.5 Å². The van der Waals surface area contributed by atoms with Gasteiger partial charge in [-0.2, -0.15) is 4.57 Å². The molecule has 2 N–H and O–H groups in total. The van der Waals surface area contributed by atoms with Crippen LogP contribution in [0.1, 0.15) is 116 Å². The number of carbonyl (C=O) groups is 4. The van der Waals surface area contributed by atoms with Crippen LogP contribution < -0.4 is 24.1 Å². The van der Waals surface area contributed by atoms with Crippen LogP contribution in [0.25, 0.3) is 10.9 Å². The molecule has 1 saturated heterocycles. The molecule has 1 aromatic heterocycles. The summed E-state index contributed by atoms with van der Waals surface area (Å²) >= 11 is 0. The van der Waals surface area contributed by atoms with Crippen LogP contribution in [0.3, 0.4) is 0 Å². The van der Waals surface area contributed by atoms with Gasteiger partial charge in [0, 0.05) is 24.3 Å². The molecule has 0 unspecified atom stereocenters. The molecular formula is C43H58N5O9S+. The van der Waals surface area contributed by atoms with Crippen LogP contribution in [-0.2, 0) is 40.5 Å². The number of hydrogen-bond donors (Lipinski definition) is 2. The highest BCUT2D eigenvalue weighted by Crippen LogP contribution is 2.47. The van der Waals surface area contributed by atoms with Gasteiger partial charge >= 0.3 is 12.0 Å². The Bertz CT molecular complexity index is 2070. The molecule has 1 aromatic carbocycles. The van der Waals surface area contributed by atoms with Crippen LogP contribution in [-0.4, -0.2) is 84.2 Å². The molecule has 3 aliphatic carbocycles. The van der Waals surface area contributed by atoms with Crippen molar-refractivity contribution < 1.29 is 46.4 Å². The fourth-order valence-electron chi connectivity index (χ4n) is 9.50. The summed E-state index contributed by atoms with van der Waals surface area (Å²) in [7, 11) is -2.38. The lowest BCUT2D eigenvalue weighted by Crippen LogP contribution is -2.57. The smallest absolute Gasteiger partial charge is 0.497 e. The van der Waals surface area contributed by atoms with Gasteiger partial charge in [-0.05, 0) is 107 Å². The molecule has 7 atom stereocenters. The number of nitrogens with one attached hydrogen (secondary N) is 2. The molecule has 3 amide bonds. The number of amides is 3. The minimum atomic E-state index is -3.98. The number of hydrogen-bond acceptors (Lipinski definition) is 10. The number of nitrogens with zero attached hydrogens (tertiary/aromatic N) is 3. The molecule has 58 heavy (non-hydrogen) atoms. The highest BCUT2D eigenvalue weighted by atomic mass is 32.2. The number of esters is 1. The second-order valence-corrected chi connectivity index (χ2v) is 20.0. The van der Waals surface area contributed by atoms with Crippen molar-refractivity contribution in [3.8, 4) is 11.8 Å². The summed E-state index contributed by atoms with van der Waals surface area (Å²) in [6.07, 6.45) is 16.5. The normalized spacial score (nSPS) is 32.4. The maximum absolute atomic E-state index is 14.8. The molecule has 3 saturated carbocycles. The van der Waals surface area contributed by atoms with E-state index in [2.05, 4.69) is 10.0 Å². The average molecular weight is 821 g/mol. The molecule has 3 bridgehead atoms. The fraction of sp³-hybridized carbons (Fsp3) is 0.674. The maximum Gasteiger partial charge on any atom is 0.499 e. The molecule has 14 nitrogen and oxygen atoms in total. The summed E-state index contributed by atoms with van der Waals surface area (Å²) in [5, 5.41) is 3.87. The third-order valence-electron chi connectivity index (χ3n) is 13.6. The van der Waals surface area contributed by atoms with Gasteiger partial charge in [-0.25, -0.2) is 8.42 Å². The zero-order valence-electron chi connectivity index (χ0n) is 33.8. The second kappa shape index (κ2) is 16.4.